The van der Waals surface area contributed by atoms with E-state index in [1.807, 2.05) is 37.3 Å². The third-order valence-corrected chi connectivity index (χ3v) is 5.08. The van der Waals surface area contributed by atoms with Gasteiger partial charge < -0.3 is 15.4 Å². The Kier molecular flexibility index (Phi) is 6.45. The van der Waals surface area contributed by atoms with E-state index in [0.29, 0.717) is 28.5 Å². The normalized spacial score (nSPS) is 10.5. The summed E-state index contributed by atoms with van der Waals surface area (Å²) in [6.45, 7) is 2.05. The molecule has 33 heavy (non-hydrogen) atoms. The number of methoxy groups -OCH3 is 1. The van der Waals surface area contributed by atoms with Crippen molar-refractivity contribution in [3.63, 3.8) is 0 Å². The number of H-pyrrole nitrogens is 1. The number of ether oxygens (including phenoxy) is 1. The lowest BCUT2D eigenvalue weighted by atomic mass is 10.1. The first-order valence-electron chi connectivity index (χ1n) is 10.3. The van der Waals surface area contributed by atoms with Crippen molar-refractivity contribution < 1.29 is 14.3 Å². The highest BCUT2D eigenvalue weighted by Gasteiger charge is 2.13. The van der Waals surface area contributed by atoms with Gasteiger partial charge in [-0.05, 0) is 61.0 Å². The number of amides is 2. The maximum Gasteiger partial charge on any atom is 0.255 e. The molecule has 0 atom stereocenters. The molecule has 4 rings (SSSR count). The number of anilines is 1. The molecule has 0 unspecified atom stereocenters. The molecule has 1 aromatic heterocycles. The van der Waals surface area contributed by atoms with Crippen LogP contribution in [0.1, 0.15) is 32.1 Å². The summed E-state index contributed by atoms with van der Waals surface area (Å²) in [4.78, 5) is 29.6. The van der Waals surface area contributed by atoms with Gasteiger partial charge in [0.1, 0.15) is 11.6 Å². The fourth-order valence-electron chi connectivity index (χ4n) is 3.19. The molecular weight excluding hydrogens is 418 g/mol. The van der Waals surface area contributed by atoms with E-state index in [1.54, 1.807) is 49.6 Å². The minimum absolute atomic E-state index is 0.182. The minimum atomic E-state index is -0.285. The van der Waals surface area contributed by atoms with Crippen LogP contribution in [0.5, 0.6) is 5.75 Å². The lowest BCUT2D eigenvalue weighted by molar-refractivity contribution is 0.0948. The second-order valence-electron chi connectivity index (χ2n) is 7.37. The summed E-state index contributed by atoms with van der Waals surface area (Å²) in [6.07, 6.45) is 0. The van der Waals surface area contributed by atoms with E-state index < -0.39 is 0 Å². The molecule has 0 saturated heterocycles. The average Bonchev–Trinajstić information content (AvgIpc) is 3.33. The van der Waals surface area contributed by atoms with Gasteiger partial charge >= 0.3 is 0 Å². The molecule has 3 aromatic carbocycles. The van der Waals surface area contributed by atoms with Crippen molar-refractivity contribution in [3.05, 3.63) is 95.3 Å². The molecule has 8 heteroatoms. The average molecular weight is 441 g/mol. The van der Waals surface area contributed by atoms with Crippen LogP contribution < -0.4 is 15.4 Å². The van der Waals surface area contributed by atoms with Crippen LogP contribution in [0.15, 0.2) is 72.8 Å². The quantitative estimate of drug-likeness (QED) is 0.402. The number of benzene rings is 3. The van der Waals surface area contributed by atoms with Crippen molar-refractivity contribution in [2.24, 2.45) is 0 Å². The van der Waals surface area contributed by atoms with Gasteiger partial charge in [0.25, 0.3) is 11.8 Å². The fourth-order valence-corrected chi connectivity index (χ4v) is 3.19. The number of nitrogens with zero attached hydrogens (tertiary/aromatic N) is 2. The Balaban J connectivity index is 1.40. The Bertz CT molecular complexity index is 1270. The van der Waals surface area contributed by atoms with Gasteiger partial charge in [-0.3, -0.25) is 14.7 Å². The first kappa shape index (κ1) is 21.8. The molecule has 166 valence electrons. The molecule has 8 nitrogen and oxygen atoms in total. The van der Waals surface area contributed by atoms with Crippen molar-refractivity contribution >= 4 is 17.5 Å². The summed E-state index contributed by atoms with van der Waals surface area (Å²) in [7, 11) is 1.61. The van der Waals surface area contributed by atoms with Gasteiger partial charge in [0.2, 0.25) is 0 Å². The molecule has 0 aliphatic carbocycles. The van der Waals surface area contributed by atoms with Crippen LogP contribution in [0.3, 0.4) is 0 Å². The number of hydrogen-bond acceptors (Lipinski definition) is 5. The molecule has 0 saturated carbocycles. The van der Waals surface area contributed by atoms with Crippen molar-refractivity contribution in [1.29, 1.82) is 0 Å². The molecule has 0 spiro atoms. The molecule has 0 fully saturated rings. The number of carbonyl (C=O) groups excluding carboxylic acids is 2. The number of aromatic amines is 1. The Morgan fingerprint density at radius 2 is 1.70 bits per heavy atom. The Morgan fingerprint density at radius 3 is 2.42 bits per heavy atom. The van der Waals surface area contributed by atoms with Gasteiger partial charge in [-0.25, -0.2) is 4.98 Å². The second kappa shape index (κ2) is 9.78. The predicted octanol–water partition coefficient (Wildman–Crippen LogP) is 3.97. The standard InChI is InChI=1S/C25H23N5O3/c1-16-8-9-19(14-21(16)27-25(32)18-6-4-3-5-7-18)24(31)26-15-22-28-23(30-29-22)17-10-12-20(33-2)13-11-17/h3-14H,15H2,1-2H3,(H,26,31)(H,27,32)(H,28,29,30). The van der Waals surface area contributed by atoms with Crippen LogP contribution in [-0.2, 0) is 6.54 Å². The number of carbonyl (C=O) groups is 2. The number of aryl methyl sites for hydroxylation is 1. The zero-order chi connectivity index (χ0) is 23.2. The molecule has 1 heterocycles. The number of rotatable bonds is 7. The third kappa shape index (κ3) is 5.24. The van der Waals surface area contributed by atoms with Crippen molar-refractivity contribution in [1.82, 2.24) is 20.5 Å². The molecule has 2 amide bonds. The van der Waals surface area contributed by atoms with Crippen LogP contribution >= 0.6 is 0 Å². The maximum absolute atomic E-state index is 12.7. The zero-order valence-electron chi connectivity index (χ0n) is 18.3. The first-order chi connectivity index (χ1) is 16.0. The number of nitrogens with one attached hydrogen (secondary N) is 3. The maximum atomic E-state index is 12.7. The van der Waals surface area contributed by atoms with E-state index >= 15 is 0 Å². The van der Waals surface area contributed by atoms with E-state index in [0.717, 1.165) is 16.9 Å². The molecule has 4 aromatic rings. The SMILES string of the molecule is COc1ccc(-c2n[nH]c(CNC(=O)c3ccc(C)c(NC(=O)c4ccccc4)c3)n2)cc1. The fraction of sp³-hybridized carbons (Fsp3) is 0.120. The third-order valence-electron chi connectivity index (χ3n) is 5.08. The molecule has 0 bridgehead atoms. The highest BCUT2D eigenvalue weighted by atomic mass is 16.5. The van der Waals surface area contributed by atoms with Gasteiger partial charge in [0, 0.05) is 22.4 Å². The van der Waals surface area contributed by atoms with E-state index in [2.05, 4.69) is 25.8 Å². The highest BCUT2D eigenvalue weighted by Crippen LogP contribution is 2.20. The lowest BCUT2D eigenvalue weighted by Gasteiger charge is -2.11. The Morgan fingerprint density at radius 1 is 0.939 bits per heavy atom. The van der Waals surface area contributed by atoms with Gasteiger partial charge in [-0.2, -0.15) is 5.10 Å². The first-order valence-corrected chi connectivity index (χ1v) is 10.3. The minimum Gasteiger partial charge on any atom is -0.497 e. The van der Waals surface area contributed by atoms with E-state index in [1.165, 1.54) is 0 Å². The summed E-state index contributed by atoms with van der Waals surface area (Å²) in [6, 6.07) is 21.5. The lowest BCUT2D eigenvalue weighted by Crippen LogP contribution is -2.23. The van der Waals surface area contributed by atoms with Gasteiger partial charge in [-0.15, -0.1) is 0 Å². The highest BCUT2D eigenvalue weighted by molar-refractivity contribution is 6.05. The van der Waals surface area contributed by atoms with E-state index in [-0.39, 0.29) is 18.4 Å². The van der Waals surface area contributed by atoms with Crippen LogP contribution in [0.2, 0.25) is 0 Å². The second-order valence-corrected chi connectivity index (χ2v) is 7.37. The van der Waals surface area contributed by atoms with Crippen LogP contribution in [-0.4, -0.2) is 34.1 Å². The summed E-state index contributed by atoms with van der Waals surface area (Å²) in [5, 5.41) is 12.7. The number of aromatic nitrogens is 3. The van der Waals surface area contributed by atoms with E-state index in [9.17, 15) is 9.59 Å². The zero-order valence-corrected chi connectivity index (χ0v) is 18.3. The van der Waals surface area contributed by atoms with Gasteiger partial charge in [0.15, 0.2) is 5.82 Å². The van der Waals surface area contributed by atoms with Crippen molar-refractivity contribution in [2.45, 2.75) is 13.5 Å². The monoisotopic (exact) mass is 441 g/mol. The van der Waals surface area contributed by atoms with Crippen LogP contribution in [0.25, 0.3) is 11.4 Å². The smallest absolute Gasteiger partial charge is 0.255 e. The predicted molar refractivity (Wildman–Crippen MR) is 125 cm³/mol. The summed E-state index contributed by atoms with van der Waals surface area (Å²) in [5.74, 6) is 1.29. The summed E-state index contributed by atoms with van der Waals surface area (Å²) in [5.41, 5.74) is 3.25. The van der Waals surface area contributed by atoms with E-state index in [4.69, 9.17) is 4.74 Å². The Labute approximate surface area is 191 Å². The molecular formula is C25H23N5O3. The Hall–Kier alpha value is -4.46. The summed E-state index contributed by atoms with van der Waals surface area (Å²) >= 11 is 0. The topological polar surface area (TPSA) is 109 Å². The number of hydrogen-bond donors (Lipinski definition) is 3. The largest absolute Gasteiger partial charge is 0.497 e. The van der Waals surface area contributed by atoms with Gasteiger partial charge in [0.05, 0.1) is 13.7 Å². The van der Waals surface area contributed by atoms with Gasteiger partial charge in [-0.1, -0.05) is 24.3 Å². The van der Waals surface area contributed by atoms with Crippen molar-refractivity contribution in [2.75, 3.05) is 12.4 Å². The molecule has 3 N–H and O–H groups in total. The molecule has 0 aliphatic heterocycles. The summed E-state index contributed by atoms with van der Waals surface area (Å²) < 4.78 is 5.16. The van der Waals surface area contributed by atoms with Crippen LogP contribution in [0.4, 0.5) is 5.69 Å². The van der Waals surface area contributed by atoms with Crippen LogP contribution in [0, 0.1) is 6.92 Å². The molecule has 0 aliphatic rings. The molecule has 0 radical (unpaired) electrons. The van der Waals surface area contributed by atoms with Crippen molar-refractivity contribution in [3.8, 4) is 17.1 Å².